The van der Waals surface area contributed by atoms with Gasteiger partial charge in [-0.3, -0.25) is 4.79 Å². The van der Waals surface area contributed by atoms with E-state index in [4.69, 9.17) is 4.74 Å². The van der Waals surface area contributed by atoms with Gasteiger partial charge in [0.25, 0.3) is 0 Å². The normalized spacial score (nSPS) is 10.9. The number of anilines is 1. The maximum absolute atomic E-state index is 11.8. The van der Waals surface area contributed by atoms with Crippen LogP contribution in [0.2, 0.25) is 0 Å². The van der Waals surface area contributed by atoms with Crippen LogP contribution < -0.4 is 10.1 Å². The van der Waals surface area contributed by atoms with Gasteiger partial charge in [-0.25, -0.2) is 4.98 Å². The van der Waals surface area contributed by atoms with E-state index in [1.807, 2.05) is 26.0 Å². The molecule has 1 aromatic heterocycles. The number of carbonyl (C=O) groups is 1. The Morgan fingerprint density at radius 3 is 2.68 bits per heavy atom. The average Bonchev–Trinajstić information content (AvgIpc) is 2.54. The van der Waals surface area contributed by atoms with Crippen LogP contribution in [0.5, 0.6) is 5.75 Å². The van der Waals surface area contributed by atoms with E-state index in [0.717, 1.165) is 0 Å². The summed E-state index contributed by atoms with van der Waals surface area (Å²) >= 11 is 0. The average molecular weight is 298 g/mol. The van der Waals surface area contributed by atoms with Gasteiger partial charge in [0.2, 0.25) is 5.91 Å². The molecule has 114 valence electrons. The van der Waals surface area contributed by atoms with E-state index < -0.39 is 0 Å². The highest BCUT2D eigenvalue weighted by molar-refractivity contribution is 5.93. The van der Waals surface area contributed by atoms with Crippen LogP contribution in [0.15, 0.2) is 52.8 Å². The third kappa shape index (κ3) is 4.12. The number of ether oxygens (including phenoxy) is 1. The van der Waals surface area contributed by atoms with Crippen molar-refractivity contribution in [1.82, 2.24) is 4.98 Å². The molecule has 1 aromatic carbocycles. The zero-order valence-corrected chi connectivity index (χ0v) is 12.8. The minimum Gasteiger partial charge on any atom is -0.494 e. The molecule has 6 nitrogen and oxygen atoms in total. The van der Waals surface area contributed by atoms with E-state index in [2.05, 4.69) is 20.5 Å². The highest BCUT2D eigenvalue weighted by Gasteiger charge is 2.11. The number of carbonyl (C=O) groups excluding carboxylic acids is 1. The van der Waals surface area contributed by atoms with Gasteiger partial charge in [-0.1, -0.05) is 19.9 Å². The summed E-state index contributed by atoms with van der Waals surface area (Å²) in [5, 5.41) is 11.0. The van der Waals surface area contributed by atoms with Gasteiger partial charge < -0.3 is 10.1 Å². The lowest BCUT2D eigenvalue weighted by Gasteiger charge is -2.12. The maximum Gasteiger partial charge on any atom is 0.227 e. The molecule has 0 spiro atoms. The first-order valence-corrected chi connectivity index (χ1v) is 6.92. The second kappa shape index (κ2) is 7.31. The number of hydrogen-bond donors (Lipinski definition) is 1. The van der Waals surface area contributed by atoms with E-state index >= 15 is 0 Å². The summed E-state index contributed by atoms with van der Waals surface area (Å²) in [7, 11) is 1.54. The summed E-state index contributed by atoms with van der Waals surface area (Å²) in [6.45, 7) is 3.66. The molecule has 0 aliphatic rings. The maximum atomic E-state index is 11.8. The number of aromatic nitrogens is 1. The molecule has 2 aromatic rings. The van der Waals surface area contributed by atoms with Crippen molar-refractivity contribution in [3.05, 3.63) is 42.6 Å². The smallest absolute Gasteiger partial charge is 0.227 e. The molecule has 0 bridgehead atoms. The van der Waals surface area contributed by atoms with Crippen LogP contribution in [0.4, 0.5) is 17.2 Å². The number of hydrogen-bond acceptors (Lipinski definition) is 5. The molecule has 0 aliphatic heterocycles. The summed E-state index contributed by atoms with van der Waals surface area (Å²) in [6, 6.07) is 10.6. The quantitative estimate of drug-likeness (QED) is 0.844. The topological polar surface area (TPSA) is 75.9 Å². The van der Waals surface area contributed by atoms with Crippen molar-refractivity contribution in [2.75, 3.05) is 12.4 Å². The van der Waals surface area contributed by atoms with Crippen molar-refractivity contribution in [2.24, 2.45) is 16.1 Å². The molecule has 0 fully saturated rings. The second-order valence-corrected chi connectivity index (χ2v) is 4.92. The number of pyridine rings is 1. The predicted molar refractivity (Wildman–Crippen MR) is 84.9 cm³/mol. The van der Waals surface area contributed by atoms with E-state index in [1.165, 1.54) is 0 Å². The molecular weight excluding hydrogens is 280 g/mol. The van der Waals surface area contributed by atoms with Crippen LogP contribution in [0.3, 0.4) is 0 Å². The molecule has 1 amide bonds. The van der Waals surface area contributed by atoms with Gasteiger partial charge in [0, 0.05) is 18.2 Å². The standard InChI is InChI=1S/C16H18N4O2/c1-11(2)16(21)18-13-8-7-12(10-14(13)22-3)19-20-15-6-4-5-9-17-15/h4-11H,1-3H3,(H,18,21)/b20-19+. The van der Waals surface area contributed by atoms with Crippen molar-refractivity contribution in [1.29, 1.82) is 0 Å². The zero-order chi connectivity index (χ0) is 15.9. The lowest BCUT2D eigenvalue weighted by atomic mass is 10.2. The highest BCUT2D eigenvalue weighted by Crippen LogP contribution is 2.30. The number of nitrogens with zero attached hydrogens (tertiary/aromatic N) is 3. The number of methoxy groups -OCH3 is 1. The first-order chi connectivity index (χ1) is 10.6. The summed E-state index contributed by atoms with van der Waals surface area (Å²) in [5.41, 5.74) is 1.23. The zero-order valence-electron chi connectivity index (χ0n) is 12.8. The highest BCUT2D eigenvalue weighted by atomic mass is 16.5. The molecule has 1 N–H and O–H groups in total. The summed E-state index contributed by atoms with van der Waals surface area (Å²) in [5.74, 6) is 0.888. The van der Waals surface area contributed by atoms with E-state index in [0.29, 0.717) is 22.9 Å². The first-order valence-electron chi connectivity index (χ1n) is 6.92. The van der Waals surface area contributed by atoms with Gasteiger partial charge in [-0.15, -0.1) is 10.2 Å². The Balaban J connectivity index is 2.18. The summed E-state index contributed by atoms with van der Waals surface area (Å²) in [4.78, 5) is 15.8. The van der Waals surface area contributed by atoms with Gasteiger partial charge >= 0.3 is 0 Å². The molecule has 0 aliphatic carbocycles. The number of nitrogens with one attached hydrogen (secondary N) is 1. The molecular formula is C16H18N4O2. The fraction of sp³-hybridized carbons (Fsp3) is 0.250. The monoisotopic (exact) mass is 298 g/mol. The van der Waals surface area contributed by atoms with Gasteiger partial charge in [0.05, 0.1) is 18.5 Å². The van der Waals surface area contributed by atoms with Gasteiger partial charge in [0.15, 0.2) is 5.82 Å². The second-order valence-electron chi connectivity index (χ2n) is 4.92. The third-order valence-corrected chi connectivity index (χ3v) is 2.88. The summed E-state index contributed by atoms with van der Waals surface area (Å²) < 4.78 is 5.29. The van der Waals surface area contributed by atoms with Gasteiger partial charge in [-0.2, -0.15) is 0 Å². The number of rotatable bonds is 5. The van der Waals surface area contributed by atoms with Crippen LogP contribution in [0.25, 0.3) is 0 Å². The predicted octanol–water partition coefficient (Wildman–Crippen LogP) is 4.10. The minimum absolute atomic E-state index is 0.0684. The molecule has 0 saturated carbocycles. The third-order valence-electron chi connectivity index (χ3n) is 2.88. The minimum atomic E-state index is -0.103. The number of azo groups is 1. The van der Waals surface area contributed by atoms with E-state index in [1.54, 1.807) is 37.6 Å². The van der Waals surface area contributed by atoms with Crippen LogP contribution in [-0.2, 0) is 4.79 Å². The Labute approximate surface area is 129 Å². The Morgan fingerprint density at radius 1 is 1.23 bits per heavy atom. The molecule has 2 rings (SSSR count). The number of benzene rings is 1. The fourth-order valence-corrected chi connectivity index (χ4v) is 1.64. The molecule has 0 radical (unpaired) electrons. The Bertz CT molecular complexity index is 669. The van der Waals surface area contributed by atoms with Gasteiger partial charge in [0.1, 0.15) is 5.75 Å². The fourth-order valence-electron chi connectivity index (χ4n) is 1.64. The first kappa shape index (κ1) is 15.6. The largest absolute Gasteiger partial charge is 0.494 e. The molecule has 0 atom stereocenters. The van der Waals surface area contributed by atoms with Crippen LogP contribution >= 0.6 is 0 Å². The Kier molecular flexibility index (Phi) is 5.19. The van der Waals surface area contributed by atoms with Crippen molar-refractivity contribution in [3.8, 4) is 5.75 Å². The van der Waals surface area contributed by atoms with E-state index in [9.17, 15) is 4.79 Å². The summed E-state index contributed by atoms with van der Waals surface area (Å²) in [6.07, 6.45) is 1.65. The number of amides is 1. The molecule has 1 heterocycles. The van der Waals surface area contributed by atoms with Crippen molar-refractivity contribution < 1.29 is 9.53 Å². The van der Waals surface area contributed by atoms with E-state index in [-0.39, 0.29) is 11.8 Å². The molecule has 0 saturated heterocycles. The Hall–Kier alpha value is -2.76. The SMILES string of the molecule is COc1cc(/N=N/c2ccccn2)ccc1NC(=O)C(C)C. The molecule has 22 heavy (non-hydrogen) atoms. The van der Waals surface area contributed by atoms with Crippen molar-refractivity contribution in [2.45, 2.75) is 13.8 Å². The van der Waals surface area contributed by atoms with Crippen LogP contribution in [-0.4, -0.2) is 18.0 Å². The van der Waals surface area contributed by atoms with Crippen LogP contribution in [0.1, 0.15) is 13.8 Å². The lowest BCUT2D eigenvalue weighted by Crippen LogP contribution is -2.18. The van der Waals surface area contributed by atoms with Crippen molar-refractivity contribution >= 4 is 23.1 Å². The van der Waals surface area contributed by atoms with Crippen molar-refractivity contribution in [3.63, 3.8) is 0 Å². The van der Waals surface area contributed by atoms with Crippen LogP contribution in [0, 0.1) is 5.92 Å². The van der Waals surface area contributed by atoms with Gasteiger partial charge in [-0.05, 0) is 24.3 Å². The molecule has 0 unspecified atom stereocenters. The molecule has 6 heteroatoms. The lowest BCUT2D eigenvalue weighted by molar-refractivity contribution is -0.118. The Morgan fingerprint density at radius 2 is 2.05 bits per heavy atom.